The third-order valence-corrected chi connectivity index (χ3v) is 3.23. The summed E-state index contributed by atoms with van der Waals surface area (Å²) >= 11 is 0. The van der Waals surface area contributed by atoms with Gasteiger partial charge in [0.1, 0.15) is 5.75 Å². The summed E-state index contributed by atoms with van der Waals surface area (Å²) in [6.07, 6.45) is 4.91. The molecule has 0 spiro atoms. The van der Waals surface area contributed by atoms with E-state index in [2.05, 4.69) is 10.4 Å². The highest BCUT2D eigenvalue weighted by Crippen LogP contribution is 2.22. The SMILES string of the molecule is Cc1cc(CNCCc2cnn(C)c2)cc(C)c1O. The molecule has 1 aromatic heterocycles. The molecule has 19 heavy (non-hydrogen) atoms. The maximum absolute atomic E-state index is 9.72. The van der Waals surface area contributed by atoms with Crippen LogP contribution in [0.3, 0.4) is 0 Å². The zero-order chi connectivity index (χ0) is 13.8. The highest BCUT2D eigenvalue weighted by molar-refractivity contribution is 5.42. The Bertz CT molecular complexity index is 537. The maximum Gasteiger partial charge on any atom is 0.121 e. The smallest absolute Gasteiger partial charge is 0.121 e. The predicted molar refractivity (Wildman–Crippen MR) is 76.2 cm³/mol. The van der Waals surface area contributed by atoms with Crippen LogP contribution in [0.1, 0.15) is 22.3 Å². The summed E-state index contributed by atoms with van der Waals surface area (Å²) < 4.78 is 1.82. The molecular formula is C15H21N3O. The minimum Gasteiger partial charge on any atom is -0.507 e. The van der Waals surface area contributed by atoms with Crippen molar-refractivity contribution in [1.82, 2.24) is 15.1 Å². The zero-order valence-corrected chi connectivity index (χ0v) is 11.8. The van der Waals surface area contributed by atoms with Gasteiger partial charge in [-0.3, -0.25) is 4.68 Å². The second kappa shape index (κ2) is 5.89. The molecule has 0 bridgehead atoms. The molecule has 2 aromatic rings. The summed E-state index contributed by atoms with van der Waals surface area (Å²) in [5.41, 5.74) is 4.32. The first-order valence-electron chi connectivity index (χ1n) is 6.53. The molecule has 0 aliphatic rings. The molecule has 0 fully saturated rings. The molecule has 0 unspecified atom stereocenters. The third kappa shape index (κ3) is 3.58. The Kier molecular flexibility index (Phi) is 4.22. The largest absolute Gasteiger partial charge is 0.507 e. The third-order valence-electron chi connectivity index (χ3n) is 3.23. The van der Waals surface area contributed by atoms with E-state index < -0.39 is 0 Å². The number of nitrogens with one attached hydrogen (secondary N) is 1. The summed E-state index contributed by atoms with van der Waals surface area (Å²) in [5.74, 6) is 0.402. The minimum atomic E-state index is 0.402. The summed E-state index contributed by atoms with van der Waals surface area (Å²) in [5, 5.41) is 17.3. The van der Waals surface area contributed by atoms with Gasteiger partial charge >= 0.3 is 0 Å². The van der Waals surface area contributed by atoms with Crippen LogP contribution in [0.15, 0.2) is 24.5 Å². The molecule has 0 aliphatic carbocycles. The number of phenolic OH excluding ortho intramolecular Hbond substituents is 1. The molecule has 4 nitrogen and oxygen atoms in total. The summed E-state index contributed by atoms with van der Waals surface area (Å²) in [6.45, 7) is 5.61. The zero-order valence-electron chi connectivity index (χ0n) is 11.8. The Labute approximate surface area is 114 Å². The first kappa shape index (κ1) is 13.6. The lowest BCUT2D eigenvalue weighted by atomic mass is 10.1. The fourth-order valence-corrected chi connectivity index (χ4v) is 2.21. The van der Waals surface area contributed by atoms with Gasteiger partial charge in [-0.1, -0.05) is 12.1 Å². The van der Waals surface area contributed by atoms with E-state index in [0.717, 1.165) is 30.6 Å². The number of rotatable bonds is 5. The van der Waals surface area contributed by atoms with Crippen LogP contribution in [-0.2, 0) is 20.0 Å². The predicted octanol–water partition coefficient (Wildman–Crippen LogP) is 2.07. The first-order valence-corrected chi connectivity index (χ1v) is 6.53. The summed E-state index contributed by atoms with van der Waals surface area (Å²) in [6, 6.07) is 4.05. The van der Waals surface area contributed by atoms with Crippen LogP contribution < -0.4 is 5.32 Å². The van der Waals surface area contributed by atoms with Gasteiger partial charge in [0.2, 0.25) is 0 Å². The monoisotopic (exact) mass is 259 g/mol. The number of nitrogens with zero attached hydrogens (tertiary/aromatic N) is 2. The number of benzene rings is 1. The molecule has 1 heterocycles. The van der Waals surface area contributed by atoms with E-state index in [4.69, 9.17) is 0 Å². The van der Waals surface area contributed by atoms with Crippen LogP contribution in [0.4, 0.5) is 0 Å². The highest BCUT2D eigenvalue weighted by atomic mass is 16.3. The van der Waals surface area contributed by atoms with Crippen molar-refractivity contribution in [2.24, 2.45) is 7.05 Å². The van der Waals surface area contributed by atoms with Gasteiger partial charge in [0.25, 0.3) is 0 Å². The average Bonchev–Trinajstić information content (AvgIpc) is 2.77. The van der Waals surface area contributed by atoms with Crippen LogP contribution in [0, 0.1) is 13.8 Å². The van der Waals surface area contributed by atoms with E-state index in [0.29, 0.717) is 5.75 Å². The van der Waals surface area contributed by atoms with E-state index in [-0.39, 0.29) is 0 Å². The van der Waals surface area contributed by atoms with E-state index in [9.17, 15) is 5.11 Å². The van der Waals surface area contributed by atoms with Gasteiger partial charge in [0.15, 0.2) is 0 Å². The number of hydrogen-bond donors (Lipinski definition) is 2. The molecule has 2 rings (SSSR count). The maximum atomic E-state index is 9.72. The number of aryl methyl sites for hydroxylation is 3. The molecule has 1 aromatic carbocycles. The summed E-state index contributed by atoms with van der Waals surface area (Å²) in [7, 11) is 1.93. The molecular weight excluding hydrogens is 238 g/mol. The fraction of sp³-hybridized carbons (Fsp3) is 0.400. The second-order valence-electron chi connectivity index (χ2n) is 5.03. The van der Waals surface area contributed by atoms with E-state index in [1.165, 1.54) is 11.1 Å². The number of hydrogen-bond acceptors (Lipinski definition) is 3. The lowest BCUT2D eigenvalue weighted by Gasteiger charge is -2.09. The van der Waals surface area contributed by atoms with E-state index in [1.807, 2.05) is 50.1 Å². The van der Waals surface area contributed by atoms with Crippen molar-refractivity contribution in [1.29, 1.82) is 0 Å². The Morgan fingerprint density at radius 2 is 1.89 bits per heavy atom. The molecule has 0 atom stereocenters. The molecule has 0 saturated heterocycles. The number of aromatic hydroxyl groups is 1. The van der Waals surface area contributed by atoms with E-state index in [1.54, 1.807) is 0 Å². The summed E-state index contributed by atoms with van der Waals surface area (Å²) in [4.78, 5) is 0. The van der Waals surface area contributed by atoms with Gasteiger partial charge in [-0.2, -0.15) is 5.10 Å². The lowest BCUT2D eigenvalue weighted by molar-refractivity contribution is 0.466. The minimum absolute atomic E-state index is 0.402. The van der Waals surface area contributed by atoms with Crippen LogP contribution in [0.25, 0.3) is 0 Å². The van der Waals surface area contributed by atoms with Crippen molar-refractivity contribution in [2.45, 2.75) is 26.8 Å². The standard InChI is InChI=1S/C15H21N3O/c1-11-6-14(7-12(2)15(11)19)8-16-5-4-13-9-17-18(3)10-13/h6-7,9-10,16,19H,4-5,8H2,1-3H3. The Balaban J connectivity index is 1.83. The van der Waals surface area contributed by atoms with Gasteiger partial charge in [-0.25, -0.2) is 0 Å². The van der Waals surface area contributed by atoms with Crippen LogP contribution in [0.2, 0.25) is 0 Å². The Hall–Kier alpha value is -1.81. The fourth-order valence-electron chi connectivity index (χ4n) is 2.21. The van der Waals surface area contributed by atoms with Crippen LogP contribution in [0.5, 0.6) is 5.75 Å². The van der Waals surface area contributed by atoms with Crippen molar-refractivity contribution in [3.8, 4) is 5.75 Å². The lowest BCUT2D eigenvalue weighted by Crippen LogP contribution is -2.16. The van der Waals surface area contributed by atoms with Crippen molar-refractivity contribution in [3.05, 3.63) is 46.8 Å². The highest BCUT2D eigenvalue weighted by Gasteiger charge is 2.03. The van der Waals surface area contributed by atoms with E-state index >= 15 is 0 Å². The van der Waals surface area contributed by atoms with Crippen LogP contribution >= 0.6 is 0 Å². The molecule has 102 valence electrons. The first-order chi connectivity index (χ1) is 9.06. The Morgan fingerprint density at radius 1 is 1.21 bits per heavy atom. The number of aromatic nitrogens is 2. The van der Waals surface area contributed by atoms with Crippen molar-refractivity contribution >= 4 is 0 Å². The molecule has 2 N–H and O–H groups in total. The van der Waals surface area contributed by atoms with Gasteiger partial charge < -0.3 is 10.4 Å². The van der Waals surface area contributed by atoms with Crippen LogP contribution in [-0.4, -0.2) is 21.4 Å². The van der Waals surface area contributed by atoms with Gasteiger partial charge in [-0.05, 0) is 49.1 Å². The normalized spacial score (nSPS) is 10.9. The van der Waals surface area contributed by atoms with Crippen molar-refractivity contribution in [3.63, 3.8) is 0 Å². The molecule has 4 heteroatoms. The van der Waals surface area contributed by atoms with Crippen molar-refractivity contribution < 1.29 is 5.11 Å². The molecule has 0 amide bonds. The van der Waals surface area contributed by atoms with Gasteiger partial charge in [0, 0.05) is 19.8 Å². The molecule has 0 saturated carbocycles. The van der Waals surface area contributed by atoms with Gasteiger partial charge in [0.05, 0.1) is 6.20 Å². The Morgan fingerprint density at radius 3 is 2.47 bits per heavy atom. The number of phenols is 1. The molecule has 0 radical (unpaired) electrons. The quantitative estimate of drug-likeness (QED) is 0.808. The van der Waals surface area contributed by atoms with Crippen molar-refractivity contribution in [2.75, 3.05) is 6.54 Å². The van der Waals surface area contributed by atoms with Gasteiger partial charge in [-0.15, -0.1) is 0 Å². The average molecular weight is 259 g/mol. The molecule has 0 aliphatic heterocycles. The topological polar surface area (TPSA) is 50.1 Å². The second-order valence-corrected chi connectivity index (χ2v) is 5.03.